The number of carbonyl (C=O) groups is 1. The number of nitrogens with one attached hydrogen (secondary N) is 1. The summed E-state index contributed by atoms with van der Waals surface area (Å²) in [7, 11) is 1.80. The van der Waals surface area contributed by atoms with E-state index in [0.717, 1.165) is 37.3 Å². The van der Waals surface area contributed by atoms with E-state index in [9.17, 15) is 4.79 Å². The summed E-state index contributed by atoms with van der Waals surface area (Å²) >= 11 is 0. The molecule has 0 radical (unpaired) electrons. The summed E-state index contributed by atoms with van der Waals surface area (Å²) in [6, 6.07) is 0. The Morgan fingerprint density at radius 2 is 2.30 bits per heavy atom. The SMILES string of the molecule is CN(Cc1noc2c1CCCC2)C(=O)[C@@H]1CNCCO1. The van der Waals surface area contributed by atoms with Gasteiger partial charge in [0.2, 0.25) is 0 Å². The minimum absolute atomic E-state index is 0.00441. The third-order valence-corrected chi connectivity index (χ3v) is 4.00. The van der Waals surface area contributed by atoms with Crippen LogP contribution in [0.4, 0.5) is 0 Å². The number of ether oxygens (including phenoxy) is 1. The van der Waals surface area contributed by atoms with E-state index >= 15 is 0 Å². The summed E-state index contributed by atoms with van der Waals surface area (Å²) in [5, 5.41) is 7.31. The fraction of sp³-hybridized carbons (Fsp3) is 0.714. The van der Waals surface area contributed by atoms with Gasteiger partial charge in [0.05, 0.1) is 13.2 Å². The Hall–Kier alpha value is -1.40. The smallest absolute Gasteiger partial charge is 0.253 e. The fourth-order valence-corrected chi connectivity index (χ4v) is 2.85. The quantitative estimate of drug-likeness (QED) is 0.872. The van der Waals surface area contributed by atoms with Gasteiger partial charge in [-0.15, -0.1) is 0 Å². The Kier molecular flexibility index (Phi) is 4.03. The van der Waals surface area contributed by atoms with Gasteiger partial charge in [0.25, 0.3) is 5.91 Å². The summed E-state index contributed by atoms with van der Waals surface area (Å²) in [5.41, 5.74) is 2.11. The predicted molar refractivity (Wildman–Crippen MR) is 72.2 cm³/mol. The van der Waals surface area contributed by atoms with Crippen LogP contribution < -0.4 is 5.32 Å². The van der Waals surface area contributed by atoms with Gasteiger partial charge in [-0.2, -0.15) is 0 Å². The van der Waals surface area contributed by atoms with Gasteiger partial charge >= 0.3 is 0 Å². The molecule has 6 heteroatoms. The molecule has 1 aromatic heterocycles. The van der Waals surface area contributed by atoms with E-state index in [0.29, 0.717) is 19.7 Å². The maximum atomic E-state index is 12.3. The van der Waals surface area contributed by atoms with Crippen molar-refractivity contribution in [1.29, 1.82) is 0 Å². The standard InChI is InChI=1S/C14H21N3O3/c1-17(14(18)13-8-15-6-7-19-13)9-11-10-4-2-3-5-12(10)20-16-11/h13,15H,2-9H2,1H3/t13-/m0/s1. The zero-order chi connectivity index (χ0) is 13.9. The van der Waals surface area contributed by atoms with Crippen molar-refractivity contribution in [2.24, 2.45) is 0 Å². The number of hydrogen-bond donors (Lipinski definition) is 1. The molecule has 2 aliphatic rings. The number of aromatic nitrogens is 1. The van der Waals surface area contributed by atoms with Crippen molar-refractivity contribution < 1.29 is 14.1 Å². The fourth-order valence-electron chi connectivity index (χ4n) is 2.85. The minimum Gasteiger partial charge on any atom is -0.366 e. The highest BCUT2D eigenvalue weighted by Crippen LogP contribution is 2.25. The summed E-state index contributed by atoms with van der Waals surface area (Å²) < 4.78 is 10.9. The van der Waals surface area contributed by atoms with Crippen molar-refractivity contribution in [3.05, 3.63) is 17.0 Å². The van der Waals surface area contributed by atoms with Gasteiger partial charge in [0, 0.05) is 32.1 Å². The van der Waals surface area contributed by atoms with Crippen LogP contribution in [0.2, 0.25) is 0 Å². The molecule has 0 aromatic carbocycles. The molecule has 3 rings (SSSR count). The zero-order valence-electron chi connectivity index (χ0n) is 11.9. The molecular formula is C14H21N3O3. The molecule has 110 valence electrons. The first-order chi connectivity index (χ1) is 9.75. The Bertz CT molecular complexity index is 480. The number of likely N-dealkylation sites (N-methyl/N-ethyl adjacent to an activating group) is 1. The van der Waals surface area contributed by atoms with Crippen LogP contribution in [0, 0.1) is 0 Å². The van der Waals surface area contributed by atoms with Gasteiger partial charge in [-0.1, -0.05) is 5.16 Å². The van der Waals surface area contributed by atoms with Crippen LogP contribution in [-0.2, 0) is 28.9 Å². The second-order valence-electron chi connectivity index (χ2n) is 5.50. The molecule has 20 heavy (non-hydrogen) atoms. The number of rotatable bonds is 3. The first kappa shape index (κ1) is 13.6. The van der Waals surface area contributed by atoms with Crippen molar-refractivity contribution in [3.8, 4) is 0 Å². The van der Waals surface area contributed by atoms with Crippen LogP contribution in [0.1, 0.15) is 29.9 Å². The summed E-state index contributed by atoms with van der Waals surface area (Å²) in [4.78, 5) is 14.0. The molecule has 1 fully saturated rings. The molecule has 2 heterocycles. The van der Waals surface area contributed by atoms with Crippen LogP contribution in [0.5, 0.6) is 0 Å². The highest BCUT2D eigenvalue weighted by molar-refractivity contribution is 5.81. The second kappa shape index (κ2) is 5.93. The van der Waals surface area contributed by atoms with Crippen LogP contribution >= 0.6 is 0 Å². The molecule has 1 amide bonds. The highest BCUT2D eigenvalue weighted by Gasteiger charge is 2.27. The lowest BCUT2D eigenvalue weighted by atomic mass is 9.96. The van der Waals surface area contributed by atoms with E-state index < -0.39 is 0 Å². The molecular weight excluding hydrogens is 258 g/mol. The number of aryl methyl sites for hydroxylation is 1. The molecule has 1 aliphatic carbocycles. The van der Waals surface area contributed by atoms with Gasteiger partial charge in [0.15, 0.2) is 0 Å². The van der Waals surface area contributed by atoms with E-state index in [1.54, 1.807) is 11.9 Å². The van der Waals surface area contributed by atoms with Gasteiger partial charge in [0.1, 0.15) is 17.6 Å². The third kappa shape index (κ3) is 2.71. The molecule has 1 aromatic rings. The van der Waals surface area contributed by atoms with Crippen molar-refractivity contribution >= 4 is 5.91 Å². The van der Waals surface area contributed by atoms with Gasteiger partial charge < -0.3 is 19.5 Å². The lowest BCUT2D eigenvalue weighted by Crippen LogP contribution is -2.48. The van der Waals surface area contributed by atoms with E-state index in [4.69, 9.17) is 9.26 Å². The highest BCUT2D eigenvalue weighted by atomic mass is 16.5. The Labute approximate surface area is 118 Å². The van der Waals surface area contributed by atoms with Crippen molar-refractivity contribution in [2.75, 3.05) is 26.7 Å². The predicted octanol–water partition coefficient (Wildman–Crippen LogP) is 0.500. The van der Waals surface area contributed by atoms with Crippen molar-refractivity contribution in [2.45, 2.75) is 38.3 Å². The first-order valence-corrected chi connectivity index (χ1v) is 7.29. The summed E-state index contributed by atoms with van der Waals surface area (Å²) in [6.07, 6.45) is 3.94. The molecule has 1 aliphatic heterocycles. The normalized spacial score (nSPS) is 22.4. The molecule has 0 saturated carbocycles. The number of morpholine rings is 1. The van der Waals surface area contributed by atoms with Gasteiger partial charge in [-0.3, -0.25) is 4.79 Å². The topological polar surface area (TPSA) is 67.6 Å². The Morgan fingerprint density at radius 3 is 3.10 bits per heavy atom. The molecule has 0 unspecified atom stereocenters. The zero-order valence-corrected chi connectivity index (χ0v) is 11.9. The maximum Gasteiger partial charge on any atom is 0.253 e. The van der Waals surface area contributed by atoms with Crippen molar-refractivity contribution in [1.82, 2.24) is 15.4 Å². The summed E-state index contributed by atoms with van der Waals surface area (Å²) in [6.45, 7) is 2.48. The number of amides is 1. The van der Waals surface area contributed by atoms with Crippen LogP contribution in [0.25, 0.3) is 0 Å². The maximum absolute atomic E-state index is 12.3. The molecule has 0 spiro atoms. The van der Waals surface area contributed by atoms with Crippen LogP contribution in [0.15, 0.2) is 4.52 Å². The molecule has 0 bridgehead atoms. The third-order valence-electron chi connectivity index (χ3n) is 4.00. The van der Waals surface area contributed by atoms with E-state index in [-0.39, 0.29) is 12.0 Å². The van der Waals surface area contributed by atoms with Crippen LogP contribution in [0.3, 0.4) is 0 Å². The van der Waals surface area contributed by atoms with Gasteiger partial charge in [-0.25, -0.2) is 0 Å². The minimum atomic E-state index is -0.378. The van der Waals surface area contributed by atoms with E-state index in [2.05, 4.69) is 10.5 Å². The lowest BCUT2D eigenvalue weighted by Gasteiger charge is -2.27. The Balaban J connectivity index is 1.64. The Morgan fingerprint density at radius 1 is 1.45 bits per heavy atom. The number of hydrogen-bond acceptors (Lipinski definition) is 5. The number of carbonyl (C=O) groups excluding carboxylic acids is 1. The van der Waals surface area contributed by atoms with Crippen LogP contribution in [-0.4, -0.2) is 48.8 Å². The van der Waals surface area contributed by atoms with Gasteiger partial charge in [-0.05, 0) is 19.3 Å². The molecule has 6 nitrogen and oxygen atoms in total. The number of nitrogens with zero attached hydrogens (tertiary/aromatic N) is 2. The number of fused-ring (bicyclic) bond motifs is 1. The molecule has 1 saturated heterocycles. The lowest BCUT2D eigenvalue weighted by molar-refractivity contribution is -0.144. The monoisotopic (exact) mass is 279 g/mol. The first-order valence-electron chi connectivity index (χ1n) is 7.29. The average Bonchev–Trinajstić information content (AvgIpc) is 2.91. The largest absolute Gasteiger partial charge is 0.366 e. The van der Waals surface area contributed by atoms with E-state index in [1.165, 1.54) is 12.0 Å². The second-order valence-corrected chi connectivity index (χ2v) is 5.50. The average molecular weight is 279 g/mol. The molecule has 1 N–H and O–H groups in total. The molecule has 1 atom stereocenters. The van der Waals surface area contributed by atoms with E-state index in [1.807, 2.05) is 0 Å². The summed E-state index contributed by atoms with van der Waals surface area (Å²) in [5.74, 6) is 1.01. The van der Waals surface area contributed by atoms with Crippen molar-refractivity contribution in [3.63, 3.8) is 0 Å².